The number of nitro benzene ring substituents is 1. The van der Waals surface area contributed by atoms with Crippen molar-refractivity contribution in [2.75, 3.05) is 0 Å². The van der Waals surface area contributed by atoms with Crippen LogP contribution in [0.25, 0.3) is 0 Å². The lowest BCUT2D eigenvalue weighted by molar-refractivity contribution is -0.991. The number of non-ortho nitro benzene ring substituents is 1. The number of cyclic esters (lactones) is 2. The van der Waals surface area contributed by atoms with E-state index in [2.05, 4.69) is 0 Å². The normalized spacial score (nSPS) is 18.3. The van der Waals surface area contributed by atoms with Gasteiger partial charge in [-0.05, 0) is 24.0 Å². The summed E-state index contributed by atoms with van der Waals surface area (Å²) in [5.74, 6) is -2.96. The third-order valence-corrected chi connectivity index (χ3v) is 4.82. The van der Waals surface area contributed by atoms with Gasteiger partial charge in [-0.1, -0.05) is 24.3 Å². The van der Waals surface area contributed by atoms with Crippen LogP contribution in [-0.4, -0.2) is 27.9 Å². The Bertz CT molecular complexity index is 947. The van der Waals surface area contributed by atoms with Gasteiger partial charge in [-0.2, -0.15) is 5.23 Å². The summed E-state index contributed by atoms with van der Waals surface area (Å²) in [5.41, 5.74) is -0.715. The van der Waals surface area contributed by atoms with Crippen molar-refractivity contribution in [2.45, 2.75) is 32.5 Å². The summed E-state index contributed by atoms with van der Waals surface area (Å²) >= 11 is 0. The first kappa shape index (κ1) is 21.4. The van der Waals surface area contributed by atoms with E-state index in [0.29, 0.717) is 11.1 Å². The molecule has 1 unspecified atom stereocenters. The van der Waals surface area contributed by atoms with Gasteiger partial charge in [0, 0.05) is 38.1 Å². The number of nitrogens with one attached hydrogen (secondary N) is 1. The highest BCUT2D eigenvalue weighted by molar-refractivity contribution is 6.02. The standard InChI is InChI=1S/C20H20N2O8/c1-19(2)29-17(23)20(18(24)30-19,11-13-3-7-15(8-4-13)21(25)26)12-14-5-9-16(10-6-14)22(27)28/h3-10,21,25H,11-12H2,1-2H3. The van der Waals surface area contributed by atoms with Crippen LogP contribution in [0.2, 0.25) is 0 Å². The summed E-state index contributed by atoms with van der Waals surface area (Å²) < 4.78 is 10.7. The molecule has 30 heavy (non-hydrogen) atoms. The van der Waals surface area contributed by atoms with E-state index in [9.17, 15) is 24.9 Å². The molecule has 2 aromatic rings. The Labute approximate surface area is 171 Å². The van der Waals surface area contributed by atoms with Gasteiger partial charge in [-0.25, -0.2) is 5.21 Å². The Morgan fingerprint density at radius 3 is 1.77 bits per heavy atom. The first-order valence-corrected chi connectivity index (χ1v) is 9.05. The molecule has 10 nitrogen and oxygen atoms in total. The number of quaternary nitrogens is 1. The highest BCUT2D eigenvalue weighted by atomic mass is 16.8. The fourth-order valence-electron chi connectivity index (χ4n) is 3.29. The molecule has 1 aliphatic rings. The predicted octanol–water partition coefficient (Wildman–Crippen LogP) is 1.61. The third kappa shape index (κ3) is 4.30. The van der Waals surface area contributed by atoms with Crippen molar-refractivity contribution < 1.29 is 34.4 Å². The smallest absolute Gasteiger partial charge is 0.327 e. The van der Waals surface area contributed by atoms with Crippen LogP contribution in [0.3, 0.4) is 0 Å². The summed E-state index contributed by atoms with van der Waals surface area (Å²) in [7, 11) is 0. The minimum Gasteiger partial charge on any atom is -0.595 e. The van der Waals surface area contributed by atoms with Crippen molar-refractivity contribution in [3.05, 3.63) is 75.0 Å². The van der Waals surface area contributed by atoms with Crippen LogP contribution in [0.15, 0.2) is 48.5 Å². The van der Waals surface area contributed by atoms with E-state index < -0.39 is 33.3 Å². The van der Waals surface area contributed by atoms with Gasteiger partial charge in [0.2, 0.25) is 0 Å². The van der Waals surface area contributed by atoms with Crippen molar-refractivity contribution in [3.8, 4) is 0 Å². The summed E-state index contributed by atoms with van der Waals surface area (Å²) in [4.78, 5) is 36.3. The quantitative estimate of drug-likeness (QED) is 0.313. The molecule has 158 valence electrons. The van der Waals surface area contributed by atoms with E-state index >= 15 is 0 Å². The van der Waals surface area contributed by atoms with Crippen LogP contribution in [0, 0.1) is 20.7 Å². The van der Waals surface area contributed by atoms with E-state index in [4.69, 9.17) is 14.7 Å². The van der Waals surface area contributed by atoms with Crippen LogP contribution < -0.4 is 5.23 Å². The molecular weight excluding hydrogens is 396 g/mol. The Balaban J connectivity index is 1.97. The average molecular weight is 416 g/mol. The Kier molecular flexibility index (Phi) is 5.57. The van der Waals surface area contributed by atoms with Crippen LogP contribution >= 0.6 is 0 Å². The molecule has 1 saturated heterocycles. The maximum absolute atomic E-state index is 13.0. The molecule has 0 aromatic heterocycles. The lowest BCUT2D eigenvalue weighted by Crippen LogP contribution is -2.99. The van der Waals surface area contributed by atoms with Gasteiger partial charge in [0.25, 0.3) is 11.5 Å². The van der Waals surface area contributed by atoms with E-state index in [0.717, 1.165) is 0 Å². The minimum atomic E-state index is -1.71. The molecule has 0 amide bonds. The zero-order valence-corrected chi connectivity index (χ0v) is 16.3. The fraction of sp³-hybridized carbons (Fsp3) is 0.300. The first-order valence-electron chi connectivity index (χ1n) is 9.05. The number of nitro groups is 1. The zero-order chi connectivity index (χ0) is 22.1. The highest BCUT2D eigenvalue weighted by Gasteiger charge is 2.56. The van der Waals surface area contributed by atoms with Gasteiger partial charge in [0.05, 0.1) is 4.92 Å². The fourth-order valence-corrected chi connectivity index (χ4v) is 3.29. The van der Waals surface area contributed by atoms with Crippen LogP contribution in [-0.2, 0) is 31.9 Å². The Hall–Kier alpha value is -3.34. The average Bonchev–Trinajstić information content (AvgIpc) is 2.66. The molecule has 1 heterocycles. The minimum absolute atomic E-state index is 0.0677. The van der Waals surface area contributed by atoms with Gasteiger partial charge in [0.15, 0.2) is 11.1 Å². The van der Waals surface area contributed by atoms with Gasteiger partial charge < -0.3 is 14.7 Å². The number of rotatable bonds is 6. The zero-order valence-electron chi connectivity index (χ0n) is 16.3. The number of carbonyl (C=O) groups excluding carboxylic acids is 2. The maximum Gasteiger partial charge on any atom is 0.327 e. The van der Waals surface area contributed by atoms with Gasteiger partial charge >= 0.3 is 11.9 Å². The molecule has 0 radical (unpaired) electrons. The highest BCUT2D eigenvalue weighted by Crippen LogP contribution is 2.38. The van der Waals surface area contributed by atoms with Crippen LogP contribution in [0.1, 0.15) is 25.0 Å². The molecule has 0 saturated carbocycles. The lowest BCUT2D eigenvalue weighted by atomic mass is 9.75. The molecule has 0 aliphatic carbocycles. The number of esters is 2. The third-order valence-electron chi connectivity index (χ3n) is 4.82. The lowest BCUT2D eigenvalue weighted by Gasteiger charge is -2.40. The van der Waals surface area contributed by atoms with Gasteiger partial charge in [-0.15, -0.1) is 0 Å². The molecule has 2 N–H and O–H groups in total. The van der Waals surface area contributed by atoms with E-state index in [-0.39, 0.29) is 24.2 Å². The second kappa shape index (κ2) is 7.82. The monoisotopic (exact) mass is 416 g/mol. The maximum atomic E-state index is 13.0. The number of benzene rings is 2. The van der Waals surface area contributed by atoms with Crippen molar-refractivity contribution in [3.63, 3.8) is 0 Å². The number of hydrogen-bond acceptors (Lipinski definition) is 8. The number of carbonyl (C=O) groups is 2. The number of nitrogens with zero attached hydrogens (tertiary/aromatic N) is 1. The second-order valence-corrected chi connectivity index (χ2v) is 7.54. The summed E-state index contributed by atoms with van der Waals surface area (Å²) in [5, 5.41) is 29.9. The van der Waals surface area contributed by atoms with Crippen molar-refractivity contribution >= 4 is 23.3 Å². The summed E-state index contributed by atoms with van der Waals surface area (Å²) in [6, 6.07) is 11.3. The first-order chi connectivity index (χ1) is 14.0. The molecule has 0 bridgehead atoms. The summed E-state index contributed by atoms with van der Waals surface area (Å²) in [6.07, 6.45) is -0.183. The molecular formula is C20H20N2O8. The van der Waals surface area contributed by atoms with E-state index in [1.54, 1.807) is 0 Å². The van der Waals surface area contributed by atoms with Crippen molar-refractivity contribution in [2.24, 2.45) is 5.41 Å². The molecule has 1 aliphatic heterocycles. The van der Waals surface area contributed by atoms with Gasteiger partial charge in [-0.3, -0.25) is 19.7 Å². The SMILES string of the molecule is CC1(C)OC(=O)C(Cc2ccc([N+](=O)[O-])cc2)(Cc2ccc([NH+]([O-])O)cc2)C(=O)O1. The van der Waals surface area contributed by atoms with E-state index in [1.807, 2.05) is 0 Å². The van der Waals surface area contributed by atoms with Crippen molar-refractivity contribution in [1.29, 1.82) is 0 Å². The van der Waals surface area contributed by atoms with Crippen LogP contribution in [0.4, 0.5) is 11.4 Å². The van der Waals surface area contributed by atoms with E-state index in [1.165, 1.54) is 62.4 Å². The largest absolute Gasteiger partial charge is 0.595 e. The van der Waals surface area contributed by atoms with Gasteiger partial charge in [0.1, 0.15) is 0 Å². The Morgan fingerprint density at radius 2 is 1.37 bits per heavy atom. The molecule has 1 atom stereocenters. The van der Waals surface area contributed by atoms with Crippen LogP contribution in [0.5, 0.6) is 0 Å². The topological polar surface area (TPSA) is 143 Å². The summed E-state index contributed by atoms with van der Waals surface area (Å²) in [6.45, 7) is 2.89. The molecule has 3 rings (SSSR count). The number of ether oxygens (including phenoxy) is 2. The predicted molar refractivity (Wildman–Crippen MR) is 101 cm³/mol. The Morgan fingerprint density at radius 1 is 0.933 bits per heavy atom. The molecule has 1 fully saturated rings. The molecule has 0 spiro atoms. The van der Waals surface area contributed by atoms with Crippen molar-refractivity contribution in [1.82, 2.24) is 0 Å². The molecule has 10 heteroatoms. The number of hydrogen-bond donors (Lipinski definition) is 2. The molecule has 2 aromatic carbocycles. The second-order valence-electron chi connectivity index (χ2n) is 7.54.